The number of hydrazine groups is 1. The third-order valence-electron chi connectivity index (χ3n) is 1.81. The van der Waals surface area contributed by atoms with Crippen molar-refractivity contribution in [2.45, 2.75) is 20.8 Å². The van der Waals surface area contributed by atoms with Gasteiger partial charge >= 0.3 is 0 Å². The summed E-state index contributed by atoms with van der Waals surface area (Å²) in [4.78, 5) is 4.03. The molecule has 0 aromatic carbocycles. The molecule has 4 N–H and O–H groups in total. The highest BCUT2D eigenvalue weighted by atomic mass is 15.4. The Kier molecular flexibility index (Phi) is 5.89. The van der Waals surface area contributed by atoms with E-state index in [1.54, 1.807) is 6.92 Å². The number of hydrogen-bond donors (Lipinski definition) is 2. The summed E-state index contributed by atoms with van der Waals surface area (Å²) >= 11 is 0. The molecular formula is C11H19N5. The first kappa shape index (κ1) is 14.2. The molecule has 0 unspecified atom stereocenters. The zero-order valence-corrected chi connectivity index (χ0v) is 10.1. The molecule has 0 bridgehead atoms. The van der Waals surface area contributed by atoms with Crippen molar-refractivity contribution in [1.82, 2.24) is 5.01 Å². The fourth-order valence-electron chi connectivity index (χ4n) is 1.09. The molecule has 0 radical (unpaired) electrons. The van der Waals surface area contributed by atoms with Crippen LogP contribution >= 0.6 is 0 Å². The second-order valence-corrected chi connectivity index (χ2v) is 3.89. The summed E-state index contributed by atoms with van der Waals surface area (Å²) in [5, 5.41) is 10.1. The highest BCUT2D eigenvalue weighted by Gasteiger charge is 2.11. The number of rotatable bonds is 4. The molecule has 0 atom stereocenters. The molecule has 0 aliphatic rings. The maximum absolute atomic E-state index is 8.64. The number of nitrogens with zero attached hydrogens (tertiary/aromatic N) is 3. The average molecular weight is 221 g/mol. The Morgan fingerprint density at radius 2 is 2.19 bits per heavy atom. The summed E-state index contributed by atoms with van der Waals surface area (Å²) in [5.74, 6) is 6.71. The Morgan fingerprint density at radius 1 is 1.62 bits per heavy atom. The molecule has 0 amide bonds. The van der Waals surface area contributed by atoms with Crippen molar-refractivity contribution in [3.63, 3.8) is 0 Å². The lowest BCUT2D eigenvalue weighted by Gasteiger charge is -2.22. The van der Waals surface area contributed by atoms with Crippen LogP contribution in [-0.2, 0) is 0 Å². The van der Waals surface area contributed by atoms with Crippen molar-refractivity contribution in [1.29, 1.82) is 5.26 Å². The quantitative estimate of drug-likeness (QED) is 0.244. The van der Waals surface area contributed by atoms with Crippen molar-refractivity contribution >= 4 is 5.84 Å². The number of aliphatic imine (C=N–C) groups is 1. The highest BCUT2D eigenvalue weighted by molar-refractivity contribution is 5.98. The first-order valence-corrected chi connectivity index (χ1v) is 5.01. The van der Waals surface area contributed by atoms with E-state index in [-0.39, 0.29) is 5.70 Å². The minimum atomic E-state index is 0.107. The van der Waals surface area contributed by atoms with Gasteiger partial charge in [-0.2, -0.15) is 5.26 Å². The summed E-state index contributed by atoms with van der Waals surface area (Å²) in [5.41, 5.74) is 6.24. The Labute approximate surface area is 96.7 Å². The van der Waals surface area contributed by atoms with Crippen molar-refractivity contribution in [3.05, 3.63) is 24.0 Å². The largest absolute Gasteiger partial charge is 0.404 e. The van der Waals surface area contributed by atoms with Gasteiger partial charge in [0.05, 0.1) is 0 Å². The summed E-state index contributed by atoms with van der Waals surface area (Å²) in [6.07, 6.45) is 1.41. The molecule has 5 nitrogen and oxygen atoms in total. The number of amidine groups is 1. The van der Waals surface area contributed by atoms with Crippen molar-refractivity contribution in [2.24, 2.45) is 22.5 Å². The van der Waals surface area contributed by atoms with E-state index in [2.05, 4.69) is 11.6 Å². The third-order valence-corrected chi connectivity index (χ3v) is 1.81. The molecule has 0 aliphatic carbocycles. The number of hydrogen-bond acceptors (Lipinski definition) is 4. The van der Waals surface area contributed by atoms with Gasteiger partial charge < -0.3 is 5.73 Å². The molecule has 0 rings (SSSR count). The molecule has 0 aromatic rings. The summed E-state index contributed by atoms with van der Waals surface area (Å²) in [7, 11) is 0. The minimum absolute atomic E-state index is 0.107. The predicted octanol–water partition coefficient (Wildman–Crippen LogP) is 1.12. The van der Waals surface area contributed by atoms with Gasteiger partial charge in [-0.15, -0.1) is 0 Å². The van der Waals surface area contributed by atoms with Crippen LogP contribution in [0.15, 0.2) is 29.0 Å². The fourth-order valence-corrected chi connectivity index (χ4v) is 1.09. The van der Waals surface area contributed by atoms with Gasteiger partial charge in [-0.05, 0) is 12.8 Å². The summed E-state index contributed by atoms with van der Waals surface area (Å²) < 4.78 is 0. The van der Waals surface area contributed by atoms with Crippen LogP contribution in [0.2, 0.25) is 0 Å². The number of nitrogens with two attached hydrogens (primary N) is 2. The van der Waals surface area contributed by atoms with E-state index >= 15 is 0 Å². The van der Waals surface area contributed by atoms with Gasteiger partial charge in [-0.25, -0.2) is 10.8 Å². The van der Waals surface area contributed by atoms with Crippen LogP contribution in [-0.4, -0.2) is 17.4 Å². The van der Waals surface area contributed by atoms with Crippen LogP contribution in [0.3, 0.4) is 0 Å². The maximum atomic E-state index is 8.64. The van der Waals surface area contributed by atoms with E-state index in [9.17, 15) is 0 Å². The maximum Gasteiger partial charge on any atom is 0.148 e. The summed E-state index contributed by atoms with van der Waals surface area (Å²) in [6.45, 7) is 9.98. The standard InChI is InChI=1S/C11H19N5/c1-8(2)7-16(14)11(9(3)5-12)15-10(4)6-13/h5,8H,4,7,12,14H2,1-3H3/b9-5-,15-11?. The molecule has 0 saturated heterocycles. The summed E-state index contributed by atoms with van der Waals surface area (Å²) in [6, 6.07) is 1.85. The number of allylic oxidation sites excluding steroid dienone is 1. The predicted molar refractivity (Wildman–Crippen MR) is 65.9 cm³/mol. The van der Waals surface area contributed by atoms with Gasteiger partial charge in [0.2, 0.25) is 0 Å². The first-order chi connectivity index (χ1) is 7.42. The molecule has 0 spiro atoms. The molecule has 88 valence electrons. The number of nitriles is 1. The molecule has 0 fully saturated rings. The highest BCUT2D eigenvalue weighted by Crippen LogP contribution is 2.05. The van der Waals surface area contributed by atoms with Gasteiger partial charge in [-0.3, -0.25) is 5.01 Å². The zero-order valence-electron chi connectivity index (χ0n) is 10.1. The average Bonchev–Trinajstić information content (AvgIpc) is 2.23. The molecule has 5 heteroatoms. The smallest absolute Gasteiger partial charge is 0.148 e. The van der Waals surface area contributed by atoms with Gasteiger partial charge in [-0.1, -0.05) is 20.4 Å². The van der Waals surface area contributed by atoms with Gasteiger partial charge in [0.25, 0.3) is 0 Å². The Hall–Kier alpha value is -1.80. The normalized spacial score (nSPS) is 12.5. The van der Waals surface area contributed by atoms with Crippen LogP contribution in [0.4, 0.5) is 0 Å². The third kappa shape index (κ3) is 4.62. The molecule has 16 heavy (non-hydrogen) atoms. The van der Waals surface area contributed by atoms with E-state index in [1.807, 2.05) is 19.9 Å². The van der Waals surface area contributed by atoms with Crippen LogP contribution in [0.25, 0.3) is 0 Å². The van der Waals surface area contributed by atoms with Crippen molar-refractivity contribution < 1.29 is 0 Å². The van der Waals surface area contributed by atoms with Crippen molar-refractivity contribution in [2.75, 3.05) is 6.54 Å². The van der Waals surface area contributed by atoms with Gasteiger partial charge in [0.15, 0.2) is 0 Å². The lowest BCUT2D eigenvalue weighted by molar-refractivity contribution is 0.378. The van der Waals surface area contributed by atoms with E-state index in [0.29, 0.717) is 23.9 Å². The van der Waals surface area contributed by atoms with Crippen LogP contribution < -0.4 is 11.6 Å². The van der Waals surface area contributed by atoms with E-state index in [0.717, 1.165) is 0 Å². The SMILES string of the molecule is C=C(C#N)N=C(/C(C)=C\N)N(N)CC(C)C. The fraction of sp³-hybridized carbons (Fsp3) is 0.455. The Morgan fingerprint density at radius 3 is 2.56 bits per heavy atom. The molecule has 0 aliphatic heterocycles. The zero-order chi connectivity index (χ0) is 12.7. The second kappa shape index (κ2) is 6.64. The Balaban J connectivity index is 5.04. The van der Waals surface area contributed by atoms with Gasteiger partial charge in [0.1, 0.15) is 17.6 Å². The monoisotopic (exact) mass is 221 g/mol. The minimum Gasteiger partial charge on any atom is -0.404 e. The van der Waals surface area contributed by atoms with E-state index in [1.165, 1.54) is 11.2 Å². The van der Waals surface area contributed by atoms with Crippen LogP contribution in [0, 0.1) is 17.2 Å². The van der Waals surface area contributed by atoms with Crippen LogP contribution in [0.5, 0.6) is 0 Å². The molecule has 0 saturated carbocycles. The molecule has 0 heterocycles. The Bertz CT molecular complexity index is 346. The topological polar surface area (TPSA) is 91.4 Å². The molecular weight excluding hydrogens is 202 g/mol. The van der Waals surface area contributed by atoms with Gasteiger partial charge in [0, 0.05) is 18.3 Å². The van der Waals surface area contributed by atoms with Crippen LogP contribution in [0.1, 0.15) is 20.8 Å². The second-order valence-electron chi connectivity index (χ2n) is 3.89. The van der Waals surface area contributed by atoms with E-state index < -0.39 is 0 Å². The van der Waals surface area contributed by atoms with E-state index in [4.69, 9.17) is 16.8 Å². The molecule has 0 aromatic heterocycles. The lowest BCUT2D eigenvalue weighted by Crippen LogP contribution is -2.40. The first-order valence-electron chi connectivity index (χ1n) is 5.01. The van der Waals surface area contributed by atoms with Crippen molar-refractivity contribution in [3.8, 4) is 6.07 Å². The lowest BCUT2D eigenvalue weighted by atomic mass is 10.2.